The first-order valence-electron chi connectivity index (χ1n) is 8.37. The Hall–Kier alpha value is -3.72. The van der Waals surface area contributed by atoms with E-state index in [-0.39, 0.29) is 22.9 Å². The Kier molecular flexibility index (Phi) is 5.89. The van der Waals surface area contributed by atoms with E-state index in [1.165, 1.54) is 19.5 Å². The van der Waals surface area contributed by atoms with Crippen LogP contribution in [0.4, 0.5) is 28.7 Å². The zero-order valence-corrected chi connectivity index (χ0v) is 16.2. The Labute approximate surface area is 170 Å². The van der Waals surface area contributed by atoms with Crippen molar-refractivity contribution in [3.63, 3.8) is 0 Å². The molecule has 2 aromatic carbocycles. The number of ether oxygens (including phenoxy) is 1. The summed E-state index contributed by atoms with van der Waals surface area (Å²) in [5.74, 6) is -0.663. The smallest absolute Gasteiger partial charge is 0.353 e. The standard InChI is InChI=1S/C19H16ClN5O4/c1-11-9-12(20)7-8-14(11)23-17-16(25(27)28)18(22-10-21-17)24-15-6-4-3-5-13(15)19(26)29-2/h3-10H,1-2H3,(H2,21,22,23,24). The van der Waals surface area contributed by atoms with Crippen LogP contribution < -0.4 is 10.6 Å². The molecule has 0 bridgehead atoms. The first-order chi connectivity index (χ1) is 13.9. The number of esters is 1. The van der Waals surface area contributed by atoms with Gasteiger partial charge in [0.25, 0.3) is 0 Å². The van der Waals surface area contributed by atoms with Gasteiger partial charge in [-0.15, -0.1) is 0 Å². The molecule has 3 rings (SSSR count). The lowest BCUT2D eigenvalue weighted by Crippen LogP contribution is -2.09. The second-order valence-corrected chi connectivity index (χ2v) is 6.36. The molecule has 0 unspecified atom stereocenters. The largest absolute Gasteiger partial charge is 0.465 e. The predicted molar refractivity (Wildman–Crippen MR) is 109 cm³/mol. The summed E-state index contributed by atoms with van der Waals surface area (Å²) in [6.07, 6.45) is 1.18. The molecular weight excluding hydrogens is 398 g/mol. The predicted octanol–water partition coefficient (Wildman–Crippen LogP) is 4.62. The number of aryl methyl sites for hydroxylation is 1. The highest BCUT2D eigenvalue weighted by atomic mass is 35.5. The molecule has 29 heavy (non-hydrogen) atoms. The third kappa shape index (κ3) is 4.41. The second-order valence-electron chi connectivity index (χ2n) is 5.92. The van der Waals surface area contributed by atoms with Crippen molar-refractivity contribution in [2.75, 3.05) is 17.7 Å². The number of halogens is 1. The van der Waals surface area contributed by atoms with Gasteiger partial charge in [0.15, 0.2) is 0 Å². The first-order valence-corrected chi connectivity index (χ1v) is 8.75. The van der Waals surface area contributed by atoms with Crippen LogP contribution in [0.1, 0.15) is 15.9 Å². The van der Waals surface area contributed by atoms with E-state index in [0.717, 1.165) is 5.56 Å². The highest BCUT2D eigenvalue weighted by molar-refractivity contribution is 6.30. The number of hydrogen-bond donors (Lipinski definition) is 2. The van der Waals surface area contributed by atoms with E-state index in [0.29, 0.717) is 16.4 Å². The van der Waals surface area contributed by atoms with Crippen molar-refractivity contribution < 1.29 is 14.5 Å². The Morgan fingerprint density at radius 2 is 1.76 bits per heavy atom. The van der Waals surface area contributed by atoms with Crippen LogP contribution in [0.5, 0.6) is 0 Å². The minimum absolute atomic E-state index is 0.00604. The highest BCUT2D eigenvalue weighted by Crippen LogP contribution is 2.34. The number of nitrogens with zero attached hydrogens (tertiary/aromatic N) is 3. The molecule has 0 amide bonds. The number of anilines is 4. The van der Waals surface area contributed by atoms with E-state index in [2.05, 4.69) is 20.6 Å². The maximum absolute atomic E-state index is 12.0. The van der Waals surface area contributed by atoms with Crippen molar-refractivity contribution in [1.82, 2.24) is 9.97 Å². The lowest BCUT2D eigenvalue weighted by Gasteiger charge is -2.13. The van der Waals surface area contributed by atoms with Crippen LogP contribution in [0.2, 0.25) is 5.02 Å². The van der Waals surface area contributed by atoms with Gasteiger partial charge in [-0.05, 0) is 42.8 Å². The Bertz CT molecular complexity index is 1090. The molecule has 148 valence electrons. The van der Waals surface area contributed by atoms with Crippen molar-refractivity contribution in [2.45, 2.75) is 6.92 Å². The number of carbonyl (C=O) groups excluding carboxylic acids is 1. The lowest BCUT2D eigenvalue weighted by atomic mass is 10.1. The summed E-state index contributed by atoms with van der Waals surface area (Å²) >= 11 is 5.96. The number of carbonyl (C=O) groups is 1. The van der Waals surface area contributed by atoms with Gasteiger partial charge in [-0.1, -0.05) is 23.7 Å². The minimum atomic E-state index is -0.601. The summed E-state index contributed by atoms with van der Waals surface area (Å²) in [5, 5.41) is 18.1. The van der Waals surface area contributed by atoms with Crippen LogP contribution in [-0.2, 0) is 4.74 Å². The van der Waals surface area contributed by atoms with Crippen molar-refractivity contribution >= 4 is 46.3 Å². The minimum Gasteiger partial charge on any atom is -0.465 e. The molecule has 9 nitrogen and oxygen atoms in total. The molecule has 0 aliphatic carbocycles. The fraction of sp³-hybridized carbons (Fsp3) is 0.105. The van der Waals surface area contributed by atoms with Crippen LogP contribution >= 0.6 is 11.6 Å². The summed E-state index contributed by atoms with van der Waals surface area (Å²) in [7, 11) is 1.25. The average molecular weight is 414 g/mol. The molecule has 0 fully saturated rings. The van der Waals surface area contributed by atoms with Gasteiger partial charge in [-0.3, -0.25) is 10.1 Å². The summed E-state index contributed by atoms with van der Waals surface area (Å²) in [6.45, 7) is 1.81. The molecule has 0 aliphatic heterocycles. The molecule has 0 radical (unpaired) electrons. The second kappa shape index (κ2) is 8.53. The Morgan fingerprint density at radius 3 is 2.38 bits per heavy atom. The van der Waals surface area contributed by atoms with E-state index in [1.807, 2.05) is 6.92 Å². The number of para-hydroxylation sites is 1. The third-order valence-corrected chi connectivity index (χ3v) is 4.27. The van der Waals surface area contributed by atoms with E-state index >= 15 is 0 Å². The Morgan fingerprint density at radius 1 is 1.10 bits per heavy atom. The number of aromatic nitrogens is 2. The normalized spacial score (nSPS) is 10.3. The highest BCUT2D eigenvalue weighted by Gasteiger charge is 2.25. The van der Waals surface area contributed by atoms with Crippen LogP contribution in [-0.4, -0.2) is 28.0 Å². The summed E-state index contributed by atoms with van der Waals surface area (Å²) in [6, 6.07) is 11.5. The van der Waals surface area contributed by atoms with Gasteiger partial charge in [0.05, 0.1) is 23.3 Å². The van der Waals surface area contributed by atoms with Crippen LogP contribution in [0.3, 0.4) is 0 Å². The van der Waals surface area contributed by atoms with Crippen molar-refractivity contribution in [3.05, 3.63) is 75.1 Å². The molecular formula is C19H16ClN5O4. The van der Waals surface area contributed by atoms with Gasteiger partial charge < -0.3 is 15.4 Å². The van der Waals surface area contributed by atoms with E-state index < -0.39 is 10.9 Å². The molecule has 0 saturated carbocycles. The summed E-state index contributed by atoms with van der Waals surface area (Å²) in [5.41, 5.74) is 1.55. The van der Waals surface area contributed by atoms with Crippen molar-refractivity contribution in [1.29, 1.82) is 0 Å². The molecule has 3 aromatic rings. The van der Waals surface area contributed by atoms with Gasteiger partial charge >= 0.3 is 11.7 Å². The summed E-state index contributed by atoms with van der Waals surface area (Å²) < 4.78 is 4.75. The maximum atomic E-state index is 12.0. The number of benzene rings is 2. The van der Waals surface area contributed by atoms with E-state index in [9.17, 15) is 14.9 Å². The first kappa shape index (κ1) is 20.0. The molecule has 0 spiro atoms. The Balaban J connectivity index is 2.02. The molecule has 0 aliphatic rings. The number of hydrogen-bond acceptors (Lipinski definition) is 8. The zero-order valence-electron chi connectivity index (χ0n) is 15.5. The van der Waals surface area contributed by atoms with Gasteiger partial charge in [0.1, 0.15) is 6.33 Å². The van der Waals surface area contributed by atoms with Gasteiger partial charge in [-0.25, -0.2) is 14.8 Å². The fourth-order valence-electron chi connectivity index (χ4n) is 2.64. The topological polar surface area (TPSA) is 119 Å². The molecule has 1 aromatic heterocycles. The molecule has 0 saturated heterocycles. The summed E-state index contributed by atoms with van der Waals surface area (Å²) in [4.78, 5) is 31.1. The SMILES string of the molecule is COC(=O)c1ccccc1Nc1ncnc(Nc2ccc(Cl)cc2C)c1[N+](=O)[O-]. The monoisotopic (exact) mass is 413 g/mol. The number of nitro groups is 1. The van der Waals surface area contributed by atoms with E-state index in [4.69, 9.17) is 16.3 Å². The quantitative estimate of drug-likeness (QED) is 0.341. The molecule has 0 atom stereocenters. The van der Waals surface area contributed by atoms with Gasteiger partial charge in [0, 0.05) is 10.7 Å². The van der Waals surface area contributed by atoms with Crippen LogP contribution in [0.15, 0.2) is 48.8 Å². The number of rotatable bonds is 6. The molecule has 2 N–H and O–H groups in total. The zero-order chi connectivity index (χ0) is 21.0. The molecule has 10 heteroatoms. The number of nitrogens with one attached hydrogen (secondary N) is 2. The lowest BCUT2D eigenvalue weighted by molar-refractivity contribution is -0.383. The third-order valence-electron chi connectivity index (χ3n) is 4.03. The van der Waals surface area contributed by atoms with E-state index in [1.54, 1.807) is 36.4 Å². The molecule has 1 heterocycles. The fourth-order valence-corrected chi connectivity index (χ4v) is 2.86. The van der Waals surface area contributed by atoms with Gasteiger partial charge in [0.2, 0.25) is 11.6 Å². The maximum Gasteiger partial charge on any atom is 0.353 e. The average Bonchev–Trinajstić information content (AvgIpc) is 2.70. The van der Waals surface area contributed by atoms with Gasteiger partial charge in [-0.2, -0.15) is 0 Å². The van der Waals surface area contributed by atoms with Crippen LogP contribution in [0, 0.1) is 17.0 Å². The van der Waals surface area contributed by atoms with Crippen molar-refractivity contribution in [2.24, 2.45) is 0 Å². The number of methoxy groups -OCH3 is 1. The van der Waals surface area contributed by atoms with Crippen molar-refractivity contribution in [3.8, 4) is 0 Å². The van der Waals surface area contributed by atoms with Crippen LogP contribution in [0.25, 0.3) is 0 Å².